The minimum absolute atomic E-state index is 0.0311. The first-order valence-corrected chi connectivity index (χ1v) is 5.43. The third-order valence-electron chi connectivity index (χ3n) is 2.75. The number of benzene rings is 1. The third kappa shape index (κ3) is 3.17. The fourth-order valence-corrected chi connectivity index (χ4v) is 1.50. The van der Waals surface area contributed by atoms with Gasteiger partial charge in [-0.1, -0.05) is 0 Å². The maximum Gasteiger partial charge on any atom is 0.257 e. The lowest BCUT2D eigenvalue weighted by molar-refractivity contribution is 0.0735. The largest absolute Gasteiger partial charge is 0.507 e. The molecule has 0 fully saturated rings. The Morgan fingerprint density at radius 2 is 2.24 bits per heavy atom. The average Bonchev–Trinajstić information content (AvgIpc) is 2.30. The van der Waals surface area contributed by atoms with Crippen molar-refractivity contribution < 1.29 is 14.3 Å². The maximum atomic E-state index is 13.0. The van der Waals surface area contributed by atoms with Crippen LogP contribution in [0.2, 0.25) is 0 Å². The summed E-state index contributed by atoms with van der Waals surface area (Å²) < 4.78 is 13.0. The van der Waals surface area contributed by atoms with E-state index in [4.69, 9.17) is 5.73 Å². The summed E-state index contributed by atoms with van der Waals surface area (Å²) in [6.07, 6.45) is 0.651. The highest BCUT2D eigenvalue weighted by molar-refractivity contribution is 5.96. The summed E-state index contributed by atoms with van der Waals surface area (Å²) in [6.45, 7) is 2.31. The first kappa shape index (κ1) is 13.4. The Bertz CT molecular complexity index is 409. The van der Waals surface area contributed by atoms with Gasteiger partial charge in [-0.2, -0.15) is 0 Å². The molecule has 0 aliphatic rings. The van der Waals surface area contributed by atoms with E-state index >= 15 is 0 Å². The SMILES string of the molecule is CC(CCN)N(C)C(=O)c1cc(F)ccc1O. The van der Waals surface area contributed by atoms with Crippen LogP contribution in [0.3, 0.4) is 0 Å². The Labute approximate surface area is 99.8 Å². The Kier molecular flexibility index (Phi) is 4.45. The van der Waals surface area contributed by atoms with Gasteiger partial charge >= 0.3 is 0 Å². The van der Waals surface area contributed by atoms with Crippen molar-refractivity contribution in [3.63, 3.8) is 0 Å². The summed E-state index contributed by atoms with van der Waals surface area (Å²) in [5.74, 6) is -1.18. The monoisotopic (exact) mass is 240 g/mol. The van der Waals surface area contributed by atoms with Crippen LogP contribution in [0.15, 0.2) is 18.2 Å². The number of phenolic OH excluding ortho intramolecular Hbond substituents is 1. The van der Waals surface area contributed by atoms with E-state index in [9.17, 15) is 14.3 Å². The number of halogens is 1. The topological polar surface area (TPSA) is 66.6 Å². The third-order valence-corrected chi connectivity index (χ3v) is 2.75. The van der Waals surface area contributed by atoms with Crippen molar-refractivity contribution in [2.45, 2.75) is 19.4 Å². The molecule has 0 saturated carbocycles. The van der Waals surface area contributed by atoms with Crippen LogP contribution in [-0.2, 0) is 0 Å². The highest BCUT2D eigenvalue weighted by atomic mass is 19.1. The lowest BCUT2D eigenvalue weighted by Gasteiger charge is -2.24. The summed E-state index contributed by atoms with van der Waals surface area (Å²) >= 11 is 0. The molecule has 0 radical (unpaired) electrons. The van der Waals surface area contributed by atoms with E-state index in [1.54, 1.807) is 7.05 Å². The van der Waals surface area contributed by atoms with Crippen molar-refractivity contribution in [1.82, 2.24) is 4.90 Å². The second kappa shape index (κ2) is 5.63. The van der Waals surface area contributed by atoms with Crippen LogP contribution in [0, 0.1) is 5.82 Å². The molecule has 0 saturated heterocycles. The molecule has 1 atom stereocenters. The Morgan fingerprint density at radius 1 is 1.59 bits per heavy atom. The van der Waals surface area contributed by atoms with Crippen molar-refractivity contribution in [3.8, 4) is 5.75 Å². The number of carbonyl (C=O) groups is 1. The Balaban J connectivity index is 2.92. The molecule has 3 N–H and O–H groups in total. The van der Waals surface area contributed by atoms with E-state index < -0.39 is 11.7 Å². The lowest BCUT2D eigenvalue weighted by Crippen LogP contribution is -2.36. The number of hydrogen-bond acceptors (Lipinski definition) is 3. The molecule has 0 aromatic heterocycles. The summed E-state index contributed by atoms with van der Waals surface area (Å²) in [5.41, 5.74) is 5.38. The normalized spacial score (nSPS) is 12.2. The number of nitrogens with two attached hydrogens (primary N) is 1. The van der Waals surface area contributed by atoms with Gasteiger partial charge < -0.3 is 15.7 Å². The maximum absolute atomic E-state index is 13.0. The smallest absolute Gasteiger partial charge is 0.257 e. The van der Waals surface area contributed by atoms with Crippen LogP contribution in [0.1, 0.15) is 23.7 Å². The number of hydrogen-bond donors (Lipinski definition) is 2. The van der Waals surface area contributed by atoms with Gasteiger partial charge in [-0.25, -0.2) is 4.39 Å². The van der Waals surface area contributed by atoms with Crippen molar-refractivity contribution in [1.29, 1.82) is 0 Å². The summed E-state index contributed by atoms with van der Waals surface area (Å²) in [6, 6.07) is 3.25. The number of amides is 1. The standard InChI is InChI=1S/C12H17FN2O2/c1-8(5-6-14)15(2)12(17)10-7-9(13)3-4-11(10)16/h3-4,7-8,16H,5-6,14H2,1-2H3. The number of rotatable bonds is 4. The number of aromatic hydroxyl groups is 1. The van der Waals surface area contributed by atoms with Crippen LogP contribution in [0.4, 0.5) is 4.39 Å². The van der Waals surface area contributed by atoms with E-state index in [1.807, 2.05) is 6.92 Å². The minimum atomic E-state index is -0.550. The summed E-state index contributed by atoms with van der Waals surface area (Å²) in [4.78, 5) is 13.4. The fourth-order valence-electron chi connectivity index (χ4n) is 1.50. The van der Waals surface area contributed by atoms with Gasteiger partial charge in [-0.3, -0.25) is 4.79 Å². The predicted octanol–water partition coefficient (Wildman–Crippen LogP) is 1.34. The molecule has 17 heavy (non-hydrogen) atoms. The van der Waals surface area contributed by atoms with Crippen LogP contribution < -0.4 is 5.73 Å². The first-order chi connectivity index (χ1) is 7.97. The first-order valence-electron chi connectivity index (χ1n) is 5.43. The van der Waals surface area contributed by atoms with Gasteiger partial charge in [0.05, 0.1) is 5.56 Å². The second-order valence-corrected chi connectivity index (χ2v) is 4.00. The Hall–Kier alpha value is -1.62. The van der Waals surface area contributed by atoms with Gasteiger partial charge in [-0.15, -0.1) is 0 Å². The van der Waals surface area contributed by atoms with Gasteiger partial charge in [0.1, 0.15) is 11.6 Å². The molecule has 94 valence electrons. The average molecular weight is 240 g/mol. The van der Waals surface area contributed by atoms with Gasteiger partial charge in [0.2, 0.25) is 0 Å². The van der Waals surface area contributed by atoms with E-state index in [1.165, 1.54) is 11.0 Å². The summed E-state index contributed by atoms with van der Waals surface area (Å²) in [7, 11) is 1.60. The van der Waals surface area contributed by atoms with Crippen molar-refractivity contribution in [2.24, 2.45) is 5.73 Å². The predicted molar refractivity (Wildman–Crippen MR) is 63.3 cm³/mol. The van der Waals surface area contributed by atoms with Crippen LogP contribution in [0.25, 0.3) is 0 Å². The number of nitrogens with zero attached hydrogens (tertiary/aromatic N) is 1. The highest BCUT2D eigenvalue weighted by Crippen LogP contribution is 2.20. The van der Waals surface area contributed by atoms with Gasteiger partial charge in [0.25, 0.3) is 5.91 Å². The molecule has 0 aliphatic heterocycles. The molecule has 1 rings (SSSR count). The molecule has 0 heterocycles. The van der Waals surface area contributed by atoms with Crippen molar-refractivity contribution in [2.75, 3.05) is 13.6 Å². The molecule has 4 nitrogen and oxygen atoms in total. The van der Waals surface area contributed by atoms with E-state index in [2.05, 4.69) is 0 Å². The quantitative estimate of drug-likeness (QED) is 0.834. The summed E-state index contributed by atoms with van der Waals surface area (Å²) in [5, 5.41) is 9.53. The molecule has 0 aliphatic carbocycles. The van der Waals surface area contributed by atoms with Gasteiger partial charge in [-0.05, 0) is 38.1 Å². The van der Waals surface area contributed by atoms with Gasteiger partial charge in [0.15, 0.2) is 0 Å². The van der Waals surface area contributed by atoms with Crippen LogP contribution in [0.5, 0.6) is 5.75 Å². The molecule has 0 bridgehead atoms. The molecule has 1 aromatic carbocycles. The molecule has 1 aromatic rings. The van der Waals surface area contributed by atoms with E-state index in [-0.39, 0.29) is 17.4 Å². The zero-order valence-electron chi connectivity index (χ0n) is 9.98. The molecule has 1 amide bonds. The molecular weight excluding hydrogens is 223 g/mol. The van der Waals surface area contributed by atoms with Gasteiger partial charge in [0, 0.05) is 13.1 Å². The molecule has 5 heteroatoms. The second-order valence-electron chi connectivity index (χ2n) is 4.00. The minimum Gasteiger partial charge on any atom is -0.507 e. The van der Waals surface area contributed by atoms with Crippen molar-refractivity contribution in [3.05, 3.63) is 29.6 Å². The Morgan fingerprint density at radius 3 is 2.82 bits per heavy atom. The number of carbonyl (C=O) groups excluding carboxylic acids is 1. The molecule has 0 spiro atoms. The molecule has 1 unspecified atom stereocenters. The van der Waals surface area contributed by atoms with Crippen molar-refractivity contribution >= 4 is 5.91 Å². The lowest BCUT2D eigenvalue weighted by atomic mass is 10.1. The van der Waals surface area contributed by atoms with E-state index in [0.717, 1.165) is 12.1 Å². The van der Waals surface area contributed by atoms with Crippen LogP contribution >= 0.6 is 0 Å². The zero-order chi connectivity index (χ0) is 13.0. The van der Waals surface area contributed by atoms with E-state index in [0.29, 0.717) is 13.0 Å². The number of phenols is 1. The highest BCUT2D eigenvalue weighted by Gasteiger charge is 2.20. The molecular formula is C12H17FN2O2. The fraction of sp³-hybridized carbons (Fsp3) is 0.417. The zero-order valence-corrected chi connectivity index (χ0v) is 9.98. The van der Waals surface area contributed by atoms with Crippen LogP contribution in [-0.4, -0.2) is 35.5 Å².